The maximum Gasteiger partial charge on any atom is 0.224 e. The van der Waals surface area contributed by atoms with Crippen molar-refractivity contribution in [1.29, 1.82) is 0 Å². The van der Waals surface area contributed by atoms with Gasteiger partial charge in [-0.25, -0.2) is 0 Å². The lowest BCUT2D eigenvalue weighted by molar-refractivity contribution is -0.125. The fraction of sp³-hybridized carbons (Fsp3) is 0.611. The number of halogens is 2. The van der Waals surface area contributed by atoms with Crippen molar-refractivity contribution < 1.29 is 9.53 Å². The third-order valence-corrected chi connectivity index (χ3v) is 4.59. The Bertz CT molecular complexity index is 523. The molecule has 2 rings (SSSR count). The lowest BCUT2D eigenvalue weighted by Crippen LogP contribution is -2.46. The summed E-state index contributed by atoms with van der Waals surface area (Å²) < 4.78 is 5.46. The van der Waals surface area contributed by atoms with Crippen LogP contribution in [0.25, 0.3) is 0 Å². The Morgan fingerprint density at radius 3 is 2.48 bits per heavy atom. The summed E-state index contributed by atoms with van der Waals surface area (Å²) in [6.45, 7) is 9.68. The number of nitrogens with two attached hydrogens (primary N) is 1. The predicted octanol–water partition coefficient (Wildman–Crippen LogP) is 2.31. The number of hydrogen-bond acceptors (Lipinski definition) is 4. The number of carbonyl (C=O) groups is 1. The lowest BCUT2D eigenvalue weighted by Gasteiger charge is -2.35. The third kappa shape index (κ3) is 7.12. The summed E-state index contributed by atoms with van der Waals surface area (Å²) >= 11 is 0. The van der Waals surface area contributed by atoms with Crippen LogP contribution in [-0.4, -0.2) is 49.7 Å². The quantitative estimate of drug-likeness (QED) is 0.780. The standard InChI is InChI=1S/C18H29N3O2.2ClH/c1-13-5-4-6-16(11-13)17(21-7-9-23-10-8-21)12-20-18(22)14(2)15(3)19;;/h4-6,11,14-15,17H,7-10,12,19H2,1-3H3,(H,20,22);2*1H. The second-order valence-corrected chi connectivity index (χ2v) is 6.47. The van der Waals surface area contributed by atoms with E-state index in [1.54, 1.807) is 0 Å². The van der Waals surface area contributed by atoms with Gasteiger partial charge in [-0.15, -0.1) is 24.8 Å². The van der Waals surface area contributed by atoms with E-state index in [-0.39, 0.29) is 48.7 Å². The number of ether oxygens (including phenoxy) is 1. The van der Waals surface area contributed by atoms with Crippen LogP contribution in [0.2, 0.25) is 0 Å². The molecule has 1 aliphatic heterocycles. The molecule has 1 heterocycles. The molecule has 3 atom stereocenters. The summed E-state index contributed by atoms with van der Waals surface area (Å²) in [5.41, 5.74) is 8.30. The summed E-state index contributed by atoms with van der Waals surface area (Å²) in [6.07, 6.45) is 0. The van der Waals surface area contributed by atoms with Crippen LogP contribution in [0.3, 0.4) is 0 Å². The molecule has 0 bridgehead atoms. The highest BCUT2D eigenvalue weighted by Crippen LogP contribution is 2.22. The summed E-state index contributed by atoms with van der Waals surface area (Å²) in [4.78, 5) is 14.6. The number of aryl methyl sites for hydroxylation is 1. The highest BCUT2D eigenvalue weighted by molar-refractivity contribution is 5.85. The van der Waals surface area contributed by atoms with Crippen molar-refractivity contribution in [2.75, 3.05) is 32.8 Å². The van der Waals surface area contributed by atoms with Crippen molar-refractivity contribution in [3.8, 4) is 0 Å². The average molecular weight is 392 g/mol. The lowest BCUT2D eigenvalue weighted by atomic mass is 10.0. The summed E-state index contributed by atoms with van der Waals surface area (Å²) in [7, 11) is 0. The van der Waals surface area contributed by atoms with Gasteiger partial charge < -0.3 is 15.8 Å². The van der Waals surface area contributed by atoms with Gasteiger partial charge >= 0.3 is 0 Å². The van der Waals surface area contributed by atoms with Gasteiger partial charge in [0.25, 0.3) is 0 Å². The smallest absolute Gasteiger partial charge is 0.224 e. The molecular weight excluding hydrogens is 361 g/mol. The van der Waals surface area contributed by atoms with Crippen LogP contribution in [0.1, 0.15) is 31.0 Å². The van der Waals surface area contributed by atoms with Crippen molar-refractivity contribution in [2.45, 2.75) is 32.9 Å². The molecule has 0 radical (unpaired) electrons. The predicted molar refractivity (Wildman–Crippen MR) is 107 cm³/mol. The Morgan fingerprint density at radius 1 is 1.28 bits per heavy atom. The van der Waals surface area contributed by atoms with E-state index in [4.69, 9.17) is 10.5 Å². The van der Waals surface area contributed by atoms with Crippen molar-refractivity contribution in [2.24, 2.45) is 11.7 Å². The minimum Gasteiger partial charge on any atom is -0.379 e. The SMILES string of the molecule is Cc1cccc(C(CNC(=O)C(C)C(C)N)N2CCOCC2)c1.Cl.Cl. The van der Waals surface area contributed by atoms with Gasteiger partial charge in [-0.2, -0.15) is 0 Å². The Morgan fingerprint density at radius 2 is 1.92 bits per heavy atom. The van der Waals surface area contributed by atoms with Crippen LogP contribution in [0, 0.1) is 12.8 Å². The van der Waals surface area contributed by atoms with Crippen molar-refractivity contribution in [3.63, 3.8) is 0 Å². The van der Waals surface area contributed by atoms with Crippen molar-refractivity contribution in [1.82, 2.24) is 10.2 Å². The summed E-state index contributed by atoms with van der Waals surface area (Å²) in [5.74, 6) is -0.163. The fourth-order valence-corrected chi connectivity index (χ4v) is 2.82. The largest absolute Gasteiger partial charge is 0.379 e. The minimum absolute atomic E-state index is 0. The summed E-state index contributed by atoms with van der Waals surface area (Å²) in [5, 5.41) is 3.08. The number of carbonyl (C=O) groups excluding carboxylic acids is 1. The first-order chi connectivity index (χ1) is 11.0. The first kappa shape index (κ1) is 24.1. The molecule has 7 heteroatoms. The molecule has 1 aliphatic rings. The Kier molecular flexibility index (Phi) is 11.3. The van der Waals surface area contributed by atoms with Gasteiger partial charge in [0.15, 0.2) is 0 Å². The van der Waals surface area contributed by atoms with E-state index in [0.717, 1.165) is 26.3 Å². The zero-order chi connectivity index (χ0) is 16.8. The van der Waals surface area contributed by atoms with E-state index in [1.165, 1.54) is 11.1 Å². The summed E-state index contributed by atoms with van der Waals surface area (Å²) in [6, 6.07) is 8.52. The number of benzene rings is 1. The zero-order valence-corrected chi connectivity index (χ0v) is 16.9. The molecule has 0 aliphatic carbocycles. The Labute approximate surface area is 163 Å². The van der Waals surface area contributed by atoms with Crippen LogP contribution >= 0.6 is 24.8 Å². The van der Waals surface area contributed by atoms with Gasteiger partial charge in [-0.3, -0.25) is 9.69 Å². The second-order valence-electron chi connectivity index (χ2n) is 6.47. The van der Waals surface area contributed by atoms with Gasteiger partial charge in [-0.05, 0) is 19.4 Å². The molecule has 1 aromatic rings. The van der Waals surface area contributed by atoms with Gasteiger partial charge in [0.2, 0.25) is 5.91 Å². The highest BCUT2D eigenvalue weighted by atomic mass is 35.5. The number of nitrogens with one attached hydrogen (secondary N) is 1. The molecule has 5 nitrogen and oxygen atoms in total. The topological polar surface area (TPSA) is 67.6 Å². The number of hydrogen-bond donors (Lipinski definition) is 2. The molecule has 0 saturated carbocycles. The van der Waals surface area contributed by atoms with E-state index < -0.39 is 0 Å². The van der Waals surface area contributed by atoms with E-state index in [9.17, 15) is 4.79 Å². The highest BCUT2D eigenvalue weighted by Gasteiger charge is 2.24. The molecule has 1 saturated heterocycles. The van der Waals surface area contributed by atoms with E-state index in [0.29, 0.717) is 6.54 Å². The van der Waals surface area contributed by atoms with Crippen LogP contribution in [0.5, 0.6) is 0 Å². The Balaban J connectivity index is 0.00000288. The number of rotatable bonds is 6. The number of nitrogens with zero attached hydrogens (tertiary/aromatic N) is 1. The monoisotopic (exact) mass is 391 g/mol. The molecule has 25 heavy (non-hydrogen) atoms. The first-order valence-electron chi connectivity index (χ1n) is 8.40. The molecular formula is C18H31Cl2N3O2. The van der Waals surface area contributed by atoms with E-state index >= 15 is 0 Å². The minimum atomic E-state index is -0.183. The van der Waals surface area contributed by atoms with Gasteiger partial charge in [-0.1, -0.05) is 36.8 Å². The maximum absolute atomic E-state index is 12.2. The van der Waals surface area contributed by atoms with Gasteiger partial charge in [0.1, 0.15) is 0 Å². The normalized spacial score (nSPS) is 18.2. The third-order valence-electron chi connectivity index (χ3n) is 4.59. The number of morpholine rings is 1. The molecule has 1 fully saturated rings. The molecule has 0 aromatic heterocycles. The van der Waals surface area contributed by atoms with Crippen LogP contribution in [0.15, 0.2) is 24.3 Å². The molecule has 1 amide bonds. The van der Waals surface area contributed by atoms with Gasteiger partial charge in [0.05, 0.1) is 19.3 Å². The second kappa shape index (κ2) is 11.7. The molecule has 0 spiro atoms. The van der Waals surface area contributed by atoms with Crippen molar-refractivity contribution >= 4 is 30.7 Å². The molecule has 3 N–H and O–H groups in total. The molecule has 3 unspecified atom stereocenters. The molecule has 144 valence electrons. The Hall–Kier alpha value is -0.850. The van der Waals surface area contributed by atoms with Gasteiger partial charge in [0, 0.05) is 31.6 Å². The van der Waals surface area contributed by atoms with E-state index in [2.05, 4.69) is 41.4 Å². The zero-order valence-electron chi connectivity index (χ0n) is 15.2. The maximum atomic E-state index is 12.2. The average Bonchev–Trinajstić information content (AvgIpc) is 2.55. The number of amides is 1. The fourth-order valence-electron chi connectivity index (χ4n) is 2.82. The molecule has 1 aromatic carbocycles. The van der Waals surface area contributed by atoms with E-state index in [1.807, 2.05) is 13.8 Å². The first-order valence-corrected chi connectivity index (χ1v) is 8.40. The van der Waals surface area contributed by atoms with Crippen LogP contribution in [-0.2, 0) is 9.53 Å². The van der Waals surface area contributed by atoms with Crippen LogP contribution in [0.4, 0.5) is 0 Å². The van der Waals surface area contributed by atoms with Crippen LogP contribution < -0.4 is 11.1 Å². The van der Waals surface area contributed by atoms with Crippen molar-refractivity contribution in [3.05, 3.63) is 35.4 Å².